The lowest BCUT2D eigenvalue weighted by Gasteiger charge is -2.43. The van der Waals surface area contributed by atoms with Gasteiger partial charge in [-0.2, -0.15) is 0 Å². The Bertz CT molecular complexity index is 1040. The van der Waals surface area contributed by atoms with Gasteiger partial charge in [0, 0.05) is 35.0 Å². The third-order valence-electron chi connectivity index (χ3n) is 7.55. The molecule has 1 spiro atoms. The summed E-state index contributed by atoms with van der Waals surface area (Å²) in [4.78, 5) is 26.0. The smallest absolute Gasteiger partial charge is 0.159 e. The van der Waals surface area contributed by atoms with Crippen LogP contribution in [-0.2, 0) is 16.6 Å². The van der Waals surface area contributed by atoms with E-state index in [4.69, 9.17) is 16.3 Å². The van der Waals surface area contributed by atoms with E-state index in [1.807, 2.05) is 24.3 Å². The Morgan fingerprint density at radius 2 is 2.13 bits per heavy atom. The van der Waals surface area contributed by atoms with Crippen LogP contribution >= 0.6 is 11.6 Å². The molecule has 0 amide bonds. The number of aryl methyl sites for hydroxylation is 1. The number of hydrogen-bond acceptors (Lipinski definition) is 4. The van der Waals surface area contributed by atoms with Gasteiger partial charge in [-0.15, -0.1) is 0 Å². The molecule has 1 aliphatic heterocycles. The molecular weight excluding hydrogens is 410 g/mol. The van der Waals surface area contributed by atoms with Gasteiger partial charge in [-0.1, -0.05) is 17.7 Å². The maximum atomic E-state index is 12.1. The molecule has 1 heterocycles. The molecule has 31 heavy (non-hydrogen) atoms. The Morgan fingerprint density at radius 3 is 2.87 bits per heavy atom. The molecule has 0 bridgehead atoms. The maximum Gasteiger partial charge on any atom is 0.159 e. The lowest BCUT2D eigenvalue weighted by Crippen LogP contribution is -2.48. The third-order valence-corrected chi connectivity index (χ3v) is 7.78. The van der Waals surface area contributed by atoms with Crippen LogP contribution in [0.2, 0.25) is 5.02 Å². The van der Waals surface area contributed by atoms with Crippen molar-refractivity contribution in [2.75, 3.05) is 24.6 Å². The van der Waals surface area contributed by atoms with E-state index in [-0.39, 0.29) is 17.1 Å². The second kappa shape index (κ2) is 7.98. The summed E-state index contributed by atoms with van der Waals surface area (Å²) in [5.74, 6) is 1.37. The molecule has 3 atom stereocenters. The summed E-state index contributed by atoms with van der Waals surface area (Å²) in [5.41, 5.74) is 4.18. The van der Waals surface area contributed by atoms with E-state index < -0.39 is 0 Å². The van der Waals surface area contributed by atoms with Crippen LogP contribution in [0.15, 0.2) is 36.4 Å². The highest BCUT2D eigenvalue weighted by molar-refractivity contribution is 6.30. The van der Waals surface area contributed by atoms with Crippen LogP contribution in [0, 0.1) is 11.8 Å². The van der Waals surface area contributed by atoms with E-state index >= 15 is 0 Å². The number of aldehydes is 1. The number of rotatable bonds is 4. The van der Waals surface area contributed by atoms with Gasteiger partial charge in [0.05, 0.1) is 12.3 Å². The van der Waals surface area contributed by atoms with E-state index in [0.29, 0.717) is 18.1 Å². The van der Waals surface area contributed by atoms with Gasteiger partial charge in [-0.3, -0.25) is 4.79 Å². The highest BCUT2D eigenvalue weighted by Crippen LogP contribution is 2.46. The Hall–Kier alpha value is -2.33. The average Bonchev–Trinajstić information content (AvgIpc) is 2.89. The van der Waals surface area contributed by atoms with Crippen LogP contribution in [-0.4, -0.2) is 31.8 Å². The first-order valence-electron chi connectivity index (χ1n) is 11.3. The lowest BCUT2D eigenvalue weighted by atomic mass is 9.69. The number of anilines is 1. The fourth-order valence-corrected chi connectivity index (χ4v) is 5.81. The van der Waals surface area contributed by atoms with Crippen LogP contribution in [0.3, 0.4) is 0 Å². The normalized spacial score (nSPS) is 26.8. The van der Waals surface area contributed by atoms with Crippen molar-refractivity contribution in [1.82, 2.24) is 0 Å². The number of halogens is 1. The summed E-state index contributed by atoms with van der Waals surface area (Å²) in [6.45, 7) is 3.83. The van der Waals surface area contributed by atoms with Gasteiger partial charge < -0.3 is 14.4 Å². The van der Waals surface area contributed by atoms with E-state index in [9.17, 15) is 9.59 Å². The minimum atomic E-state index is -0.131. The number of Topliss-reactive ketones (excluding diaryl/α,β-unsaturated/α-hetero) is 1. The van der Waals surface area contributed by atoms with Crippen LogP contribution in [0.1, 0.15) is 54.1 Å². The predicted octanol–water partition coefficient (Wildman–Crippen LogP) is 5.24. The molecule has 2 aromatic carbocycles. The summed E-state index contributed by atoms with van der Waals surface area (Å²) < 4.78 is 6.42. The molecule has 5 heteroatoms. The number of hydrogen-bond donors (Lipinski definition) is 0. The van der Waals surface area contributed by atoms with E-state index in [1.165, 1.54) is 11.1 Å². The van der Waals surface area contributed by atoms with Gasteiger partial charge in [0.1, 0.15) is 12.0 Å². The Morgan fingerprint density at radius 1 is 1.26 bits per heavy atom. The molecule has 4 nitrogen and oxygen atoms in total. The van der Waals surface area contributed by atoms with Gasteiger partial charge in [-0.25, -0.2) is 0 Å². The van der Waals surface area contributed by atoms with Crippen molar-refractivity contribution in [3.05, 3.63) is 58.1 Å². The fraction of sp³-hybridized carbons (Fsp3) is 0.462. The van der Waals surface area contributed by atoms with Crippen molar-refractivity contribution in [2.24, 2.45) is 11.8 Å². The van der Waals surface area contributed by atoms with Crippen molar-refractivity contribution in [2.45, 2.75) is 44.4 Å². The number of ketones is 1. The highest BCUT2D eigenvalue weighted by Gasteiger charge is 2.43. The first-order valence-corrected chi connectivity index (χ1v) is 11.6. The monoisotopic (exact) mass is 437 g/mol. The number of fused-ring (bicyclic) bond motifs is 3. The van der Waals surface area contributed by atoms with Gasteiger partial charge in [-0.05, 0) is 86.4 Å². The zero-order chi connectivity index (χ0) is 21.6. The predicted molar refractivity (Wildman–Crippen MR) is 123 cm³/mol. The zero-order valence-electron chi connectivity index (χ0n) is 17.9. The molecule has 5 rings (SSSR count). The van der Waals surface area contributed by atoms with E-state index in [1.54, 1.807) is 6.92 Å². The third kappa shape index (κ3) is 3.65. The standard InChI is InChI=1S/C26H28ClNO3/c1-17(30)18-6-9-25-24(12-18)28(13-20-4-5-21(20)14-29)15-26(16-31-25)10-2-3-19-11-22(27)7-8-23(19)26/h6-9,11-12,14,20-21H,2-5,10,13,15-16H2,1H3/t20-,21-,26-/m0/s1. The topological polar surface area (TPSA) is 46.6 Å². The number of ether oxygens (including phenoxy) is 1. The molecule has 0 aromatic heterocycles. The van der Waals surface area contributed by atoms with Crippen molar-refractivity contribution in [1.29, 1.82) is 0 Å². The van der Waals surface area contributed by atoms with Crippen molar-refractivity contribution < 1.29 is 14.3 Å². The first-order chi connectivity index (χ1) is 15.0. The second-order valence-electron chi connectivity index (χ2n) is 9.48. The molecule has 3 aliphatic rings. The van der Waals surface area contributed by atoms with Crippen molar-refractivity contribution >= 4 is 29.4 Å². The molecule has 0 radical (unpaired) electrons. The molecule has 0 saturated heterocycles. The Kier molecular flexibility index (Phi) is 5.29. The quantitative estimate of drug-likeness (QED) is 0.484. The van der Waals surface area contributed by atoms with Gasteiger partial charge >= 0.3 is 0 Å². The number of carbonyl (C=O) groups is 2. The summed E-state index contributed by atoms with van der Waals surface area (Å²) in [6.07, 6.45) is 6.35. The molecule has 2 aliphatic carbocycles. The summed E-state index contributed by atoms with van der Waals surface area (Å²) in [7, 11) is 0. The lowest BCUT2D eigenvalue weighted by molar-refractivity contribution is -0.115. The number of carbonyl (C=O) groups excluding carboxylic acids is 2. The Balaban J connectivity index is 1.57. The molecule has 162 valence electrons. The van der Waals surface area contributed by atoms with E-state index in [0.717, 1.165) is 67.9 Å². The fourth-order valence-electron chi connectivity index (χ4n) is 5.62. The first kappa shape index (κ1) is 20.6. The van der Waals surface area contributed by atoms with Crippen molar-refractivity contribution in [3.63, 3.8) is 0 Å². The molecule has 1 fully saturated rings. The van der Waals surface area contributed by atoms with E-state index in [2.05, 4.69) is 17.0 Å². The van der Waals surface area contributed by atoms with Crippen molar-refractivity contribution in [3.8, 4) is 5.75 Å². The number of nitrogens with zero attached hydrogens (tertiary/aromatic N) is 1. The molecule has 1 saturated carbocycles. The molecule has 0 unspecified atom stereocenters. The van der Waals surface area contributed by atoms with Crippen LogP contribution in [0.25, 0.3) is 0 Å². The minimum absolute atomic E-state index is 0.0498. The molecule has 0 N–H and O–H groups in total. The zero-order valence-corrected chi connectivity index (χ0v) is 18.7. The van der Waals surface area contributed by atoms with Gasteiger partial charge in [0.2, 0.25) is 0 Å². The van der Waals surface area contributed by atoms with Gasteiger partial charge in [0.15, 0.2) is 5.78 Å². The second-order valence-corrected chi connectivity index (χ2v) is 9.92. The van der Waals surface area contributed by atoms with Crippen LogP contribution in [0.4, 0.5) is 5.69 Å². The maximum absolute atomic E-state index is 12.1. The highest BCUT2D eigenvalue weighted by atomic mass is 35.5. The molecule has 2 aromatic rings. The molecular formula is C26H28ClNO3. The average molecular weight is 438 g/mol. The van der Waals surface area contributed by atoms with Gasteiger partial charge in [0.25, 0.3) is 0 Å². The SMILES string of the molecule is CC(=O)c1ccc2c(c1)N(C[C@@H]1CC[C@H]1C=O)C[C@@]1(CCCc3cc(Cl)ccc31)CO2. The Labute approximate surface area is 188 Å². The summed E-state index contributed by atoms with van der Waals surface area (Å²) >= 11 is 6.31. The largest absolute Gasteiger partial charge is 0.490 e. The van der Waals surface area contributed by atoms with Crippen LogP contribution in [0.5, 0.6) is 5.75 Å². The minimum Gasteiger partial charge on any atom is -0.490 e. The number of benzene rings is 2. The summed E-state index contributed by atoms with van der Waals surface area (Å²) in [5, 5.41) is 0.778. The summed E-state index contributed by atoms with van der Waals surface area (Å²) in [6, 6.07) is 12.0. The van der Waals surface area contributed by atoms with Crippen LogP contribution < -0.4 is 9.64 Å².